The van der Waals surface area contributed by atoms with Crippen LogP contribution in [0.3, 0.4) is 0 Å². The zero-order chi connectivity index (χ0) is 13.0. The first-order valence-electron chi connectivity index (χ1n) is 6.86. The summed E-state index contributed by atoms with van der Waals surface area (Å²) < 4.78 is 5.22. The second-order valence-corrected chi connectivity index (χ2v) is 5.50. The summed E-state index contributed by atoms with van der Waals surface area (Å²) in [5.74, 6) is 2.53. The van der Waals surface area contributed by atoms with Gasteiger partial charge >= 0.3 is 0 Å². The van der Waals surface area contributed by atoms with Crippen molar-refractivity contribution in [2.24, 2.45) is 11.8 Å². The predicted molar refractivity (Wildman–Crippen MR) is 77.0 cm³/mol. The molecule has 0 bridgehead atoms. The first kappa shape index (κ1) is 13.1. The molecule has 100 valence electrons. The topological polar surface area (TPSA) is 47.3 Å². The maximum absolute atomic E-state index is 5.84. The SMILES string of the molecule is COc1cc(N)cc(NCC2CCC(C)CC2)c1. The van der Waals surface area contributed by atoms with Gasteiger partial charge in [-0.1, -0.05) is 19.8 Å². The number of hydrogen-bond acceptors (Lipinski definition) is 3. The van der Waals surface area contributed by atoms with E-state index in [0.29, 0.717) is 0 Å². The van der Waals surface area contributed by atoms with E-state index in [2.05, 4.69) is 12.2 Å². The highest BCUT2D eigenvalue weighted by Crippen LogP contribution is 2.29. The van der Waals surface area contributed by atoms with Crippen LogP contribution in [0.4, 0.5) is 11.4 Å². The summed E-state index contributed by atoms with van der Waals surface area (Å²) in [6, 6.07) is 5.81. The number of methoxy groups -OCH3 is 1. The van der Waals surface area contributed by atoms with Crippen molar-refractivity contribution in [3.63, 3.8) is 0 Å². The van der Waals surface area contributed by atoms with E-state index in [9.17, 15) is 0 Å². The Bertz CT molecular complexity index is 384. The molecule has 0 unspecified atom stereocenters. The second-order valence-electron chi connectivity index (χ2n) is 5.50. The number of hydrogen-bond donors (Lipinski definition) is 2. The van der Waals surface area contributed by atoms with Crippen molar-refractivity contribution in [2.75, 3.05) is 24.7 Å². The number of ether oxygens (including phenoxy) is 1. The molecule has 1 saturated carbocycles. The maximum atomic E-state index is 5.84. The van der Waals surface area contributed by atoms with Gasteiger partial charge in [0, 0.05) is 30.1 Å². The van der Waals surface area contributed by atoms with Crippen LogP contribution in [0.2, 0.25) is 0 Å². The molecule has 2 rings (SSSR count). The van der Waals surface area contributed by atoms with E-state index < -0.39 is 0 Å². The smallest absolute Gasteiger partial charge is 0.122 e. The van der Waals surface area contributed by atoms with Crippen molar-refractivity contribution >= 4 is 11.4 Å². The summed E-state index contributed by atoms with van der Waals surface area (Å²) in [5.41, 5.74) is 7.65. The second kappa shape index (κ2) is 5.98. The average molecular weight is 248 g/mol. The Morgan fingerprint density at radius 1 is 1.22 bits per heavy atom. The fourth-order valence-corrected chi connectivity index (χ4v) is 2.64. The van der Waals surface area contributed by atoms with Gasteiger partial charge in [0.2, 0.25) is 0 Å². The standard InChI is InChI=1S/C15H24N2O/c1-11-3-5-12(6-4-11)10-17-14-7-13(16)8-15(9-14)18-2/h7-9,11-12,17H,3-6,10,16H2,1-2H3. The molecule has 1 aliphatic carbocycles. The molecule has 3 N–H and O–H groups in total. The van der Waals surface area contributed by atoms with Gasteiger partial charge in [0.1, 0.15) is 5.75 Å². The minimum atomic E-state index is 0.745. The van der Waals surface area contributed by atoms with Crippen molar-refractivity contribution in [3.05, 3.63) is 18.2 Å². The summed E-state index contributed by atoms with van der Waals surface area (Å²) in [6.07, 6.45) is 5.42. The third-order valence-electron chi connectivity index (χ3n) is 3.89. The van der Waals surface area contributed by atoms with Crippen LogP contribution >= 0.6 is 0 Å². The summed E-state index contributed by atoms with van der Waals surface area (Å²) >= 11 is 0. The lowest BCUT2D eigenvalue weighted by Gasteiger charge is -2.26. The van der Waals surface area contributed by atoms with Crippen molar-refractivity contribution in [1.82, 2.24) is 0 Å². The first-order chi connectivity index (χ1) is 8.67. The Hall–Kier alpha value is -1.38. The van der Waals surface area contributed by atoms with Crippen LogP contribution in [0.5, 0.6) is 5.75 Å². The maximum Gasteiger partial charge on any atom is 0.122 e. The molecule has 3 nitrogen and oxygen atoms in total. The molecule has 3 heteroatoms. The number of nitrogens with one attached hydrogen (secondary N) is 1. The molecule has 1 fully saturated rings. The fraction of sp³-hybridized carbons (Fsp3) is 0.600. The number of nitrogen functional groups attached to an aromatic ring is 1. The Kier molecular flexibility index (Phi) is 4.34. The lowest BCUT2D eigenvalue weighted by atomic mass is 9.83. The van der Waals surface area contributed by atoms with Gasteiger partial charge in [0.05, 0.1) is 7.11 Å². The van der Waals surface area contributed by atoms with Crippen molar-refractivity contribution < 1.29 is 4.74 Å². The van der Waals surface area contributed by atoms with Crippen LogP contribution in [0.15, 0.2) is 18.2 Å². The zero-order valence-electron chi connectivity index (χ0n) is 11.4. The molecule has 0 amide bonds. The minimum absolute atomic E-state index is 0.745. The van der Waals surface area contributed by atoms with Gasteiger partial charge in [0.25, 0.3) is 0 Å². The molecule has 0 saturated heterocycles. The monoisotopic (exact) mass is 248 g/mol. The number of nitrogens with two attached hydrogens (primary N) is 1. The Morgan fingerprint density at radius 2 is 1.94 bits per heavy atom. The number of benzene rings is 1. The molecular weight excluding hydrogens is 224 g/mol. The zero-order valence-corrected chi connectivity index (χ0v) is 11.4. The van der Waals surface area contributed by atoms with Crippen LogP contribution in [0.25, 0.3) is 0 Å². The normalized spacial score (nSPS) is 23.7. The van der Waals surface area contributed by atoms with Crippen molar-refractivity contribution in [2.45, 2.75) is 32.6 Å². The van der Waals surface area contributed by atoms with Crippen LogP contribution in [-0.2, 0) is 0 Å². The fourth-order valence-electron chi connectivity index (χ4n) is 2.64. The van der Waals surface area contributed by atoms with Gasteiger partial charge < -0.3 is 15.8 Å². The van der Waals surface area contributed by atoms with Crippen molar-refractivity contribution in [3.8, 4) is 5.75 Å². The van der Waals surface area contributed by atoms with Crippen LogP contribution in [0.1, 0.15) is 32.6 Å². The van der Waals surface area contributed by atoms with Crippen molar-refractivity contribution in [1.29, 1.82) is 0 Å². The Morgan fingerprint density at radius 3 is 2.61 bits per heavy atom. The Labute approximate surface area is 110 Å². The first-order valence-corrected chi connectivity index (χ1v) is 6.86. The Balaban J connectivity index is 1.88. The molecule has 0 radical (unpaired) electrons. The van der Waals surface area contributed by atoms with Gasteiger partial charge in [-0.05, 0) is 30.7 Å². The summed E-state index contributed by atoms with van der Waals surface area (Å²) in [4.78, 5) is 0. The van der Waals surface area contributed by atoms with Gasteiger partial charge in [-0.25, -0.2) is 0 Å². The molecule has 18 heavy (non-hydrogen) atoms. The molecule has 0 heterocycles. The quantitative estimate of drug-likeness (QED) is 0.801. The van der Waals surface area contributed by atoms with E-state index in [1.807, 2.05) is 18.2 Å². The highest BCUT2D eigenvalue weighted by molar-refractivity contribution is 5.59. The summed E-state index contributed by atoms with van der Waals surface area (Å²) in [5, 5.41) is 3.48. The minimum Gasteiger partial charge on any atom is -0.497 e. The summed E-state index contributed by atoms with van der Waals surface area (Å²) in [6.45, 7) is 3.39. The highest BCUT2D eigenvalue weighted by Gasteiger charge is 2.17. The average Bonchev–Trinajstić information content (AvgIpc) is 2.37. The van der Waals surface area contributed by atoms with E-state index in [1.54, 1.807) is 7.11 Å². The van der Waals surface area contributed by atoms with E-state index in [1.165, 1.54) is 25.7 Å². The largest absolute Gasteiger partial charge is 0.497 e. The van der Waals surface area contributed by atoms with Gasteiger partial charge in [-0.3, -0.25) is 0 Å². The van der Waals surface area contributed by atoms with Crippen LogP contribution < -0.4 is 15.8 Å². The van der Waals surface area contributed by atoms with E-state index in [-0.39, 0.29) is 0 Å². The van der Waals surface area contributed by atoms with Gasteiger partial charge in [-0.15, -0.1) is 0 Å². The molecule has 0 aromatic heterocycles. The van der Waals surface area contributed by atoms with E-state index >= 15 is 0 Å². The van der Waals surface area contributed by atoms with E-state index in [4.69, 9.17) is 10.5 Å². The van der Waals surface area contributed by atoms with Crippen LogP contribution in [-0.4, -0.2) is 13.7 Å². The number of anilines is 2. The number of rotatable bonds is 4. The molecular formula is C15H24N2O. The van der Waals surface area contributed by atoms with Crippen LogP contribution in [0, 0.1) is 11.8 Å². The third kappa shape index (κ3) is 3.56. The van der Waals surface area contributed by atoms with Gasteiger partial charge in [-0.2, -0.15) is 0 Å². The van der Waals surface area contributed by atoms with E-state index in [0.717, 1.165) is 35.5 Å². The molecule has 1 aromatic carbocycles. The predicted octanol–water partition coefficient (Wildman–Crippen LogP) is 3.52. The highest BCUT2D eigenvalue weighted by atomic mass is 16.5. The molecule has 1 aromatic rings. The summed E-state index contributed by atoms with van der Waals surface area (Å²) in [7, 11) is 1.67. The lowest BCUT2D eigenvalue weighted by molar-refractivity contribution is 0.300. The molecule has 0 spiro atoms. The lowest BCUT2D eigenvalue weighted by Crippen LogP contribution is -2.20. The molecule has 0 aliphatic heterocycles. The molecule has 1 aliphatic rings. The van der Waals surface area contributed by atoms with Gasteiger partial charge in [0.15, 0.2) is 0 Å². The molecule has 0 atom stereocenters. The third-order valence-corrected chi connectivity index (χ3v) is 3.89.